The Morgan fingerprint density at radius 2 is 2.19 bits per heavy atom. The second kappa shape index (κ2) is 6.22. The first-order valence-electron chi connectivity index (χ1n) is 7.11. The van der Waals surface area contributed by atoms with Crippen LogP contribution in [0.1, 0.15) is 35.7 Å². The maximum absolute atomic E-state index is 12.6. The Labute approximate surface area is 123 Å². The van der Waals surface area contributed by atoms with Crippen LogP contribution in [0.2, 0.25) is 0 Å². The van der Waals surface area contributed by atoms with Crippen molar-refractivity contribution in [2.45, 2.75) is 32.7 Å². The van der Waals surface area contributed by atoms with E-state index in [1.807, 2.05) is 6.92 Å². The zero-order chi connectivity index (χ0) is 15.6. The summed E-state index contributed by atoms with van der Waals surface area (Å²) in [5.74, 6) is -0.116. The highest BCUT2D eigenvalue weighted by Gasteiger charge is 2.30. The minimum atomic E-state index is -0.470. The van der Waals surface area contributed by atoms with Crippen LogP contribution in [0.3, 0.4) is 0 Å². The van der Waals surface area contributed by atoms with E-state index in [1.165, 1.54) is 6.07 Å². The van der Waals surface area contributed by atoms with Gasteiger partial charge in [-0.2, -0.15) is 0 Å². The highest BCUT2D eigenvalue weighted by molar-refractivity contribution is 5.95. The van der Waals surface area contributed by atoms with Gasteiger partial charge in [0.1, 0.15) is 0 Å². The molecule has 2 unspecified atom stereocenters. The minimum Gasteiger partial charge on any atom is -0.396 e. The van der Waals surface area contributed by atoms with Crippen LogP contribution in [0.15, 0.2) is 18.2 Å². The Morgan fingerprint density at radius 1 is 1.48 bits per heavy atom. The molecular formula is C15H20N2O4. The maximum Gasteiger partial charge on any atom is 0.273 e. The van der Waals surface area contributed by atoms with E-state index in [1.54, 1.807) is 24.0 Å². The topological polar surface area (TPSA) is 83.7 Å². The van der Waals surface area contributed by atoms with Gasteiger partial charge in [-0.25, -0.2) is 0 Å². The van der Waals surface area contributed by atoms with Crippen molar-refractivity contribution in [1.29, 1.82) is 0 Å². The van der Waals surface area contributed by atoms with Crippen LogP contribution in [-0.4, -0.2) is 40.0 Å². The summed E-state index contributed by atoms with van der Waals surface area (Å²) in [4.78, 5) is 24.8. The van der Waals surface area contributed by atoms with E-state index in [0.29, 0.717) is 17.7 Å². The Morgan fingerprint density at radius 3 is 2.81 bits per heavy atom. The summed E-state index contributed by atoms with van der Waals surface area (Å²) in [6, 6.07) is 4.65. The van der Waals surface area contributed by atoms with Gasteiger partial charge in [0.25, 0.3) is 11.6 Å². The first-order chi connectivity index (χ1) is 9.93. The van der Waals surface area contributed by atoms with E-state index in [2.05, 4.69) is 0 Å². The van der Waals surface area contributed by atoms with Gasteiger partial charge in [0.15, 0.2) is 0 Å². The molecule has 1 aromatic rings. The van der Waals surface area contributed by atoms with Crippen molar-refractivity contribution in [3.63, 3.8) is 0 Å². The van der Waals surface area contributed by atoms with Crippen molar-refractivity contribution in [1.82, 2.24) is 4.90 Å². The summed E-state index contributed by atoms with van der Waals surface area (Å²) in [7, 11) is 0. The third-order valence-electron chi connectivity index (χ3n) is 4.15. The number of aryl methyl sites for hydroxylation is 1. The molecule has 0 radical (unpaired) electrons. The number of nitro groups is 1. The molecule has 1 aliphatic rings. The van der Waals surface area contributed by atoms with Gasteiger partial charge in [-0.3, -0.25) is 14.9 Å². The lowest BCUT2D eigenvalue weighted by molar-refractivity contribution is -0.385. The molecule has 1 amide bonds. The average molecular weight is 292 g/mol. The fourth-order valence-electron chi connectivity index (χ4n) is 2.72. The summed E-state index contributed by atoms with van der Waals surface area (Å²) in [6.07, 6.45) is 1.74. The second-order valence-electron chi connectivity index (χ2n) is 5.69. The Hall–Kier alpha value is -1.95. The number of amides is 1. The molecule has 1 aromatic carbocycles. The second-order valence-corrected chi connectivity index (χ2v) is 5.69. The predicted octanol–water partition coefficient (Wildman–Crippen LogP) is 2.14. The lowest BCUT2D eigenvalue weighted by Gasteiger charge is -2.37. The third-order valence-corrected chi connectivity index (χ3v) is 4.15. The first-order valence-corrected chi connectivity index (χ1v) is 7.11. The molecule has 2 atom stereocenters. The van der Waals surface area contributed by atoms with E-state index in [0.717, 1.165) is 12.8 Å². The van der Waals surface area contributed by atoms with Crippen LogP contribution in [-0.2, 0) is 0 Å². The Balaban J connectivity index is 2.26. The number of likely N-dealkylation sites (tertiary alicyclic amines) is 1. The van der Waals surface area contributed by atoms with E-state index < -0.39 is 4.92 Å². The molecule has 0 aliphatic carbocycles. The van der Waals surface area contributed by atoms with Crippen molar-refractivity contribution >= 4 is 11.6 Å². The zero-order valence-corrected chi connectivity index (χ0v) is 12.3. The van der Waals surface area contributed by atoms with Gasteiger partial charge in [-0.1, -0.05) is 6.07 Å². The number of piperidine rings is 1. The van der Waals surface area contributed by atoms with E-state index in [-0.39, 0.29) is 30.2 Å². The van der Waals surface area contributed by atoms with Crippen LogP contribution >= 0.6 is 0 Å². The van der Waals surface area contributed by atoms with Crippen LogP contribution in [0.5, 0.6) is 0 Å². The molecule has 1 saturated heterocycles. The van der Waals surface area contributed by atoms with Crippen LogP contribution in [0.4, 0.5) is 5.69 Å². The van der Waals surface area contributed by atoms with Gasteiger partial charge in [0, 0.05) is 36.4 Å². The average Bonchev–Trinajstić information content (AvgIpc) is 2.47. The van der Waals surface area contributed by atoms with Crippen molar-refractivity contribution in [2.75, 3.05) is 13.2 Å². The number of hydrogen-bond acceptors (Lipinski definition) is 4. The molecule has 1 heterocycles. The molecular weight excluding hydrogens is 272 g/mol. The molecule has 1 fully saturated rings. The standard InChI is InChI=1S/C15H20N2O4/c1-10-3-6-13(7-14(10)17(20)21)15(19)16-8-12(9-18)5-4-11(16)2/h3,6-7,11-12,18H,4-5,8-9H2,1-2H3. The number of benzene rings is 1. The highest BCUT2D eigenvalue weighted by Crippen LogP contribution is 2.25. The predicted molar refractivity (Wildman–Crippen MR) is 78.1 cm³/mol. The third kappa shape index (κ3) is 3.21. The summed E-state index contributed by atoms with van der Waals surface area (Å²) >= 11 is 0. The van der Waals surface area contributed by atoms with Crippen molar-refractivity contribution < 1.29 is 14.8 Å². The number of aliphatic hydroxyl groups excluding tert-OH is 1. The number of nitrogens with zero attached hydrogens (tertiary/aromatic N) is 2. The van der Waals surface area contributed by atoms with Gasteiger partial charge in [0.2, 0.25) is 0 Å². The smallest absolute Gasteiger partial charge is 0.273 e. The fourth-order valence-corrected chi connectivity index (χ4v) is 2.72. The molecule has 114 valence electrons. The lowest BCUT2D eigenvalue weighted by atomic mass is 9.93. The van der Waals surface area contributed by atoms with E-state index in [4.69, 9.17) is 0 Å². The molecule has 0 spiro atoms. The molecule has 1 aliphatic heterocycles. The lowest BCUT2D eigenvalue weighted by Crippen LogP contribution is -2.46. The van der Waals surface area contributed by atoms with Gasteiger partial charge >= 0.3 is 0 Å². The van der Waals surface area contributed by atoms with Gasteiger partial charge in [0.05, 0.1) is 4.92 Å². The molecule has 6 heteroatoms. The van der Waals surface area contributed by atoms with Crippen LogP contribution in [0, 0.1) is 23.0 Å². The summed E-state index contributed by atoms with van der Waals surface area (Å²) in [5, 5.41) is 20.3. The summed E-state index contributed by atoms with van der Waals surface area (Å²) in [5.41, 5.74) is 0.832. The molecule has 2 rings (SSSR count). The highest BCUT2D eigenvalue weighted by atomic mass is 16.6. The van der Waals surface area contributed by atoms with Crippen LogP contribution in [0.25, 0.3) is 0 Å². The molecule has 1 N–H and O–H groups in total. The number of carbonyl (C=O) groups is 1. The fraction of sp³-hybridized carbons (Fsp3) is 0.533. The minimum absolute atomic E-state index is 0.0378. The molecule has 21 heavy (non-hydrogen) atoms. The summed E-state index contributed by atoms with van der Waals surface area (Å²) < 4.78 is 0. The monoisotopic (exact) mass is 292 g/mol. The number of nitro benzene ring substituents is 1. The van der Waals surface area contributed by atoms with Gasteiger partial charge in [-0.15, -0.1) is 0 Å². The summed E-state index contributed by atoms with van der Waals surface area (Å²) in [6.45, 7) is 4.18. The van der Waals surface area contributed by atoms with Crippen LogP contribution < -0.4 is 0 Å². The Kier molecular flexibility index (Phi) is 4.57. The van der Waals surface area contributed by atoms with Gasteiger partial charge in [-0.05, 0) is 38.7 Å². The number of carbonyl (C=O) groups excluding carboxylic acids is 1. The zero-order valence-electron chi connectivity index (χ0n) is 12.3. The SMILES string of the molecule is Cc1ccc(C(=O)N2CC(CO)CCC2C)cc1[N+](=O)[O-]. The quantitative estimate of drug-likeness (QED) is 0.683. The first kappa shape index (κ1) is 15.4. The molecule has 6 nitrogen and oxygen atoms in total. The normalized spacial score (nSPS) is 22.1. The van der Waals surface area contributed by atoms with Crippen molar-refractivity contribution in [3.05, 3.63) is 39.4 Å². The number of hydrogen-bond donors (Lipinski definition) is 1. The van der Waals surface area contributed by atoms with E-state index >= 15 is 0 Å². The maximum atomic E-state index is 12.6. The molecule has 0 aromatic heterocycles. The molecule has 0 saturated carbocycles. The van der Waals surface area contributed by atoms with E-state index in [9.17, 15) is 20.0 Å². The number of rotatable bonds is 3. The van der Waals surface area contributed by atoms with Gasteiger partial charge < -0.3 is 10.0 Å². The molecule has 0 bridgehead atoms. The Bertz CT molecular complexity index is 559. The number of aliphatic hydroxyl groups is 1. The van der Waals surface area contributed by atoms with Crippen molar-refractivity contribution in [3.8, 4) is 0 Å². The van der Waals surface area contributed by atoms with Crippen molar-refractivity contribution in [2.24, 2.45) is 5.92 Å². The largest absolute Gasteiger partial charge is 0.396 e.